The molecule has 6 nitrogen and oxygen atoms in total. The summed E-state index contributed by atoms with van der Waals surface area (Å²) in [7, 11) is 0. The lowest BCUT2D eigenvalue weighted by molar-refractivity contribution is -0.144. The molecule has 0 spiro atoms. The van der Waals surface area contributed by atoms with Gasteiger partial charge in [-0.25, -0.2) is 4.79 Å². The minimum Gasteiger partial charge on any atom is -0.452 e. The van der Waals surface area contributed by atoms with Gasteiger partial charge >= 0.3 is 5.97 Å². The van der Waals surface area contributed by atoms with Crippen molar-refractivity contribution in [3.63, 3.8) is 0 Å². The van der Waals surface area contributed by atoms with Crippen LogP contribution in [0.4, 0.5) is 0 Å². The van der Waals surface area contributed by atoms with Crippen LogP contribution in [-0.4, -0.2) is 28.3 Å². The van der Waals surface area contributed by atoms with Gasteiger partial charge in [-0.2, -0.15) is 5.10 Å². The molecule has 3 rings (SSSR count). The van der Waals surface area contributed by atoms with Gasteiger partial charge in [0.25, 0.3) is 5.91 Å². The van der Waals surface area contributed by atoms with Gasteiger partial charge < -0.3 is 10.1 Å². The van der Waals surface area contributed by atoms with E-state index in [1.165, 1.54) is 17.2 Å². The summed E-state index contributed by atoms with van der Waals surface area (Å²) in [6, 6.07) is 15.9. The van der Waals surface area contributed by atoms with Crippen molar-refractivity contribution in [2.24, 2.45) is 0 Å². The Morgan fingerprint density at radius 2 is 1.90 bits per heavy atom. The van der Waals surface area contributed by atoms with E-state index in [9.17, 15) is 9.59 Å². The summed E-state index contributed by atoms with van der Waals surface area (Å²) in [6.45, 7) is 6.30. The molecule has 2 aromatic carbocycles. The molecule has 160 valence electrons. The highest BCUT2D eigenvalue weighted by atomic mass is 16.5. The highest BCUT2D eigenvalue weighted by molar-refractivity contribution is 5.89. The summed E-state index contributed by atoms with van der Waals surface area (Å²) < 4.78 is 6.84. The quantitative estimate of drug-likeness (QED) is 0.444. The van der Waals surface area contributed by atoms with Crippen molar-refractivity contribution in [1.82, 2.24) is 15.1 Å². The monoisotopic (exact) mass is 417 g/mol. The molecule has 1 amide bonds. The molecule has 0 aliphatic carbocycles. The Morgan fingerprint density at radius 1 is 1.13 bits per heavy atom. The van der Waals surface area contributed by atoms with Crippen LogP contribution in [0.3, 0.4) is 0 Å². The minimum atomic E-state index is -0.579. The molecule has 0 bridgehead atoms. The van der Waals surface area contributed by atoms with E-state index in [4.69, 9.17) is 4.74 Å². The second-order valence-electron chi connectivity index (χ2n) is 7.53. The maximum Gasteiger partial charge on any atom is 0.331 e. The molecule has 0 unspecified atom stereocenters. The number of nitrogens with zero attached hydrogens (tertiary/aromatic N) is 2. The number of carbonyl (C=O) groups is 2. The largest absolute Gasteiger partial charge is 0.452 e. The van der Waals surface area contributed by atoms with Crippen molar-refractivity contribution in [2.45, 2.75) is 33.4 Å². The SMILES string of the molecule is Cc1ccc([C@@H](C)NC(=O)COC(=O)/C=C/c2cnn(Cc3ccccc3)c2)cc1C. The van der Waals surface area contributed by atoms with Gasteiger partial charge in [-0.05, 0) is 49.1 Å². The number of benzene rings is 2. The zero-order chi connectivity index (χ0) is 22.2. The molecule has 0 fully saturated rings. The summed E-state index contributed by atoms with van der Waals surface area (Å²) in [5, 5.41) is 7.13. The number of carbonyl (C=O) groups excluding carboxylic acids is 2. The molecule has 6 heteroatoms. The van der Waals surface area contributed by atoms with E-state index < -0.39 is 5.97 Å². The third-order valence-electron chi connectivity index (χ3n) is 5.01. The van der Waals surface area contributed by atoms with Crippen molar-refractivity contribution in [1.29, 1.82) is 0 Å². The van der Waals surface area contributed by atoms with E-state index in [0.717, 1.165) is 16.7 Å². The molecule has 3 aromatic rings. The lowest BCUT2D eigenvalue weighted by atomic mass is 10.0. The fourth-order valence-corrected chi connectivity index (χ4v) is 3.07. The summed E-state index contributed by atoms with van der Waals surface area (Å²) in [5.74, 6) is -0.923. The molecule has 1 heterocycles. The first-order chi connectivity index (χ1) is 14.9. The number of aryl methyl sites for hydroxylation is 2. The standard InChI is InChI=1S/C25H27N3O3/c1-18-9-11-23(13-19(18)2)20(3)27-24(29)17-31-25(30)12-10-22-14-26-28(16-22)15-21-7-5-4-6-8-21/h4-14,16,20H,15,17H2,1-3H3,(H,27,29)/b12-10+/t20-/m1/s1. The number of esters is 1. The molecule has 1 atom stereocenters. The number of rotatable bonds is 8. The Morgan fingerprint density at radius 3 is 2.65 bits per heavy atom. The fraction of sp³-hybridized carbons (Fsp3) is 0.240. The van der Waals surface area contributed by atoms with E-state index >= 15 is 0 Å². The van der Waals surface area contributed by atoms with Crippen molar-refractivity contribution in [3.8, 4) is 0 Å². The van der Waals surface area contributed by atoms with Crippen LogP contribution >= 0.6 is 0 Å². The molecule has 1 aromatic heterocycles. The zero-order valence-corrected chi connectivity index (χ0v) is 18.0. The molecular formula is C25H27N3O3. The van der Waals surface area contributed by atoms with E-state index in [-0.39, 0.29) is 18.6 Å². The number of hydrogen-bond donors (Lipinski definition) is 1. The van der Waals surface area contributed by atoms with Crippen LogP contribution in [0.25, 0.3) is 6.08 Å². The Kier molecular flexibility index (Phi) is 7.38. The molecule has 0 aliphatic rings. The van der Waals surface area contributed by atoms with Gasteiger partial charge in [-0.1, -0.05) is 48.5 Å². The van der Waals surface area contributed by atoms with Gasteiger partial charge in [0.15, 0.2) is 6.61 Å². The van der Waals surface area contributed by atoms with Crippen molar-refractivity contribution in [3.05, 3.63) is 94.8 Å². The van der Waals surface area contributed by atoms with Crippen LogP contribution in [-0.2, 0) is 20.9 Å². The third kappa shape index (κ3) is 6.67. The number of aromatic nitrogens is 2. The number of hydrogen-bond acceptors (Lipinski definition) is 4. The molecule has 0 saturated heterocycles. The van der Waals surface area contributed by atoms with Crippen molar-refractivity contribution in [2.75, 3.05) is 6.61 Å². The topological polar surface area (TPSA) is 73.2 Å². The maximum atomic E-state index is 12.1. The summed E-state index contributed by atoms with van der Waals surface area (Å²) in [6.07, 6.45) is 6.43. The summed E-state index contributed by atoms with van der Waals surface area (Å²) in [4.78, 5) is 24.0. The Balaban J connectivity index is 1.44. The van der Waals surface area contributed by atoms with E-state index in [0.29, 0.717) is 6.54 Å². The van der Waals surface area contributed by atoms with E-state index in [1.54, 1.807) is 17.0 Å². The van der Waals surface area contributed by atoms with Crippen LogP contribution in [0.15, 0.2) is 67.0 Å². The number of ether oxygens (including phenoxy) is 1. The van der Waals surface area contributed by atoms with Crippen molar-refractivity contribution < 1.29 is 14.3 Å². The minimum absolute atomic E-state index is 0.170. The molecule has 0 radical (unpaired) electrons. The Labute approximate surface area is 182 Å². The average molecular weight is 418 g/mol. The van der Waals surface area contributed by atoms with Crippen LogP contribution in [0, 0.1) is 13.8 Å². The summed E-state index contributed by atoms with van der Waals surface area (Å²) >= 11 is 0. The fourth-order valence-electron chi connectivity index (χ4n) is 3.07. The van der Waals surface area contributed by atoms with E-state index in [1.807, 2.05) is 75.5 Å². The lowest BCUT2D eigenvalue weighted by Crippen LogP contribution is -2.31. The van der Waals surface area contributed by atoms with Gasteiger partial charge in [0.1, 0.15) is 0 Å². The van der Waals surface area contributed by atoms with Crippen LogP contribution < -0.4 is 5.32 Å². The Hall–Kier alpha value is -3.67. The normalized spacial score (nSPS) is 12.0. The summed E-state index contributed by atoms with van der Waals surface area (Å²) in [5.41, 5.74) is 5.30. The highest BCUT2D eigenvalue weighted by Crippen LogP contribution is 2.16. The zero-order valence-electron chi connectivity index (χ0n) is 18.0. The van der Waals surface area contributed by atoms with Crippen LogP contribution in [0.5, 0.6) is 0 Å². The van der Waals surface area contributed by atoms with Crippen LogP contribution in [0.2, 0.25) is 0 Å². The molecule has 31 heavy (non-hydrogen) atoms. The second-order valence-corrected chi connectivity index (χ2v) is 7.53. The smallest absolute Gasteiger partial charge is 0.331 e. The van der Waals surface area contributed by atoms with Gasteiger partial charge in [-0.3, -0.25) is 9.48 Å². The average Bonchev–Trinajstić information content (AvgIpc) is 3.20. The molecular weight excluding hydrogens is 390 g/mol. The number of amides is 1. The first kappa shape index (κ1) is 22.0. The predicted octanol–water partition coefficient (Wildman–Crippen LogP) is 3.98. The second kappa shape index (κ2) is 10.4. The van der Waals surface area contributed by atoms with Gasteiger partial charge in [-0.15, -0.1) is 0 Å². The highest BCUT2D eigenvalue weighted by Gasteiger charge is 2.11. The van der Waals surface area contributed by atoms with E-state index in [2.05, 4.69) is 10.4 Å². The lowest BCUT2D eigenvalue weighted by Gasteiger charge is -2.15. The van der Waals surface area contributed by atoms with Crippen molar-refractivity contribution >= 4 is 18.0 Å². The number of nitrogens with one attached hydrogen (secondary N) is 1. The molecule has 0 saturated carbocycles. The molecule has 1 N–H and O–H groups in total. The first-order valence-corrected chi connectivity index (χ1v) is 10.2. The molecule has 0 aliphatic heterocycles. The van der Waals surface area contributed by atoms with Crippen LogP contribution in [0.1, 0.15) is 40.8 Å². The first-order valence-electron chi connectivity index (χ1n) is 10.2. The maximum absolute atomic E-state index is 12.1. The third-order valence-corrected chi connectivity index (χ3v) is 5.01. The van der Waals surface area contributed by atoms with Gasteiger partial charge in [0.05, 0.1) is 18.8 Å². The predicted molar refractivity (Wildman–Crippen MR) is 120 cm³/mol. The van der Waals surface area contributed by atoms with Gasteiger partial charge in [0.2, 0.25) is 0 Å². The van der Waals surface area contributed by atoms with Gasteiger partial charge in [0, 0.05) is 17.8 Å². The Bertz CT molecular complexity index is 1070.